The van der Waals surface area contributed by atoms with E-state index in [0.717, 1.165) is 0 Å². The van der Waals surface area contributed by atoms with E-state index in [1.165, 1.54) is 7.11 Å². The first-order chi connectivity index (χ1) is 5.76. The predicted octanol–water partition coefficient (Wildman–Crippen LogP) is 1.20. The van der Waals surface area contributed by atoms with Gasteiger partial charge in [-0.3, -0.25) is 0 Å². The molecule has 0 radical (unpaired) electrons. The van der Waals surface area contributed by atoms with E-state index in [4.69, 9.17) is 0 Å². The molecule has 76 valence electrons. The van der Waals surface area contributed by atoms with E-state index in [2.05, 4.69) is 32.4 Å². The zero-order valence-electron chi connectivity index (χ0n) is 8.92. The summed E-state index contributed by atoms with van der Waals surface area (Å²) in [6, 6.07) is 0. The number of hydrogen-bond acceptors (Lipinski definition) is 3. The average molecular weight is 186 g/mol. The second-order valence-electron chi connectivity index (χ2n) is 4.89. The number of ether oxygens (including phenoxy) is 1. The molecule has 0 aromatic heterocycles. The topological polar surface area (TPSA) is 46.5 Å². The molecular formula is C10H18O3. The number of aliphatic hydroxyl groups excluding tert-OH is 1. The maximum atomic E-state index is 11.1. The largest absolute Gasteiger partial charge is 0.467 e. The van der Waals surface area contributed by atoms with Crippen LogP contribution in [0.25, 0.3) is 0 Å². The third kappa shape index (κ3) is 1.26. The van der Waals surface area contributed by atoms with Gasteiger partial charge in [0.25, 0.3) is 0 Å². The summed E-state index contributed by atoms with van der Waals surface area (Å²) in [5.74, 6) is -0.518. The van der Waals surface area contributed by atoms with Gasteiger partial charge in [-0.2, -0.15) is 0 Å². The summed E-state index contributed by atoms with van der Waals surface area (Å²) in [5.41, 5.74) is 0.0290. The van der Waals surface area contributed by atoms with E-state index < -0.39 is 12.1 Å². The van der Waals surface area contributed by atoms with Crippen molar-refractivity contribution in [3.8, 4) is 0 Å². The SMILES string of the molecule is COC(=O)C(O)C1C(C)(C)C1(C)C. The van der Waals surface area contributed by atoms with E-state index in [-0.39, 0.29) is 16.7 Å². The summed E-state index contributed by atoms with van der Waals surface area (Å²) in [5, 5.41) is 9.65. The van der Waals surface area contributed by atoms with Crippen molar-refractivity contribution in [1.82, 2.24) is 0 Å². The van der Waals surface area contributed by atoms with Crippen molar-refractivity contribution in [3.63, 3.8) is 0 Å². The Morgan fingerprint density at radius 1 is 1.31 bits per heavy atom. The highest BCUT2D eigenvalue weighted by atomic mass is 16.5. The first kappa shape index (κ1) is 10.5. The second-order valence-corrected chi connectivity index (χ2v) is 4.89. The standard InChI is InChI=1S/C10H18O3/c1-9(2)7(10(9,3)4)6(11)8(12)13-5/h6-7,11H,1-5H3. The number of carbonyl (C=O) groups is 1. The fourth-order valence-corrected chi connectivity index (χ4v) is 2.29. The Balaban J connectivity index is 2.73. The molecule has 0 saturated heterocycles. The molecule has 1 N–H and O–H groups in total. The predicted molar refractivity (Wildman–Crippen MR) is 49.1 cm³/mol. The van der Waals surface area contributed by atoms with Crippen LogP contribution in [-0.4, -0.2) is 24.3 Å². The van der Waals surface area contributed by atoms with E-state index in [1.54, 1.807) is 0 Å². The number of rotatable bonds is 2. The highest BCUT2D eigenvalue weighted by Crippen LogP contribution is 2.69. The molecule has 13 heavy (non-hydrogen) atoms. The zero-order valence-corrected chi connectivity index (χ0v) is 8.92. The minimum atomic E-state index is -0.977. The van der Waals surface area contributed by atoms with Crippen molar-refractivity contribution >= 4 is 5.97 Å². The summed E-state index contributed by atoms with van der Waals surface area (Å²) >= 11 is 0. The Kier molecular flexibility index (Phi) is 2.19. The van der Waals surface area contributed by atoms with Crippen LogP contribution in [-0.2, 0) is 9.53 Å². The number of methoxy groups -OCH3 is 1. The van der Waals surface area contributed by atoms with Gasteiger partial charge in [-0.25, -0.2) is 4.79 Å². The highest BCUT2D eigenvalue weighted by molar-refractivity contribution is 5.75. The fraction of sp³-hybridized carbons (Fsp3) is 0.900. The van der Waals surface area contributed by atoms with E-state index in [1.807, 2.05) is 0 Å². The molecule has 0 amide bonds. The van der Waals surface area contributed by atoms with Gasteiger partial charge in [0.15, 0.2) is 6.10 Å². The quantitative estimate of drug-likeness (QED) is 0.659. The highest BCUT2D eigenvalue weighted by Gasteiger charge is 2.68. The summed E-state index contributed by atoms with van der Waals surface area (Å²) in [6.45, 7) is 8.24. The van der Waals surface area contributed by atoms with E-state index >= 15 is 0 Å². The molecule has 0 aromatic rings. The smallest absolute Gasteiger partial charge is 0.335 e. The molecule has 1 aliphatic rings. The van der Waals surface area contributed by atoms with Crippen molar-refractivity contribution in [1.29, 1.82) is 0 Å². The number of hydrogen-bond donors (Lipinski definition) is 1. The number of carbonyl (C=O) groups excluding carboxylic acids is 1. The van der Waals surface area contributed by atoms with Crippen LogP contribution in [0.5, 0.6) is 0 Å². The summed E-state index contributed by atoms with van der Waals surface area (Å²) in [6.07, 6.45) is -0.977. The van der Waals surface area contributed by atoms with Crippen LogP contribution in [0.3, 0.4) is 0 Å². The molecule has 1 atom stereocenters. The summed E-state index contributed by atoms with van der Waals surface area (Å²) < 4.78 is 4.51. The molecule has 1 aliphatic carbocycles. The minimum absolute atomic E-state index is 0.00690. The molecular weight excluding hydrogens is 168 g/mol. The summed E-state index contributed by atoms with van der Waals surface area (Å²) in [7, 11) is 1.30. The van der Waals surface area contributed by atoms with Crippen LogP contribution in [0.2, 0.25) is 0 Å². The Morgan fingerprint density at radius 2 is 1.69 bits per heavy atom. The van der Waals surface area contributed by atoms with Crippen LogP contribution >= 0.6 is 0 Å². The molecule has 0 aliphatic heterocycles. The van der Waals surface area contributed by atoms with Gasteiger partial charge in [0.1, 0.15) is 0 Å². The Hall–Kier alpha value is -0.570. The molecule has 1 rings (SSSR count). The molecule has 1 saturated carbocycles. The van der Waals surface area contributed by atoms with Gasteiger partial charge in [-0.1, -0.05) is 27.7 Å². The van der Waals surface area contributed by atoms with E-state index in [9.17, 15) is 9.90 Å². The van der Waals surface area contributed by atoms with Gasteiger partial charge in [0.2, 0.25) is 0 Å². The second kappa shape index (κ2) is 2.71. The first-order valence-corrected chi connectivity index (χ1v) is 4.52. The molecule has 0 bridgehead atoms. The van der Waals surface area contributed by atoms with Gasteiger partial charge in [0, 0.05) is 5.92 Å². The Bertz CT molecular complexity index is 216. The van der Waals surface area contributed by atoms with Crippen molar-refractivity contribution in [2.24, 2.45) is 16.7 Å². The molecule has 3 nitrogen and oxygen atoms in total. The zero-order chi connectivity index (χ0) is 10.4. The number of aliphatic hydroxyl groups is 1. The van der Waals surface area contributed by atoms with Crippen molar-refractivity contribution in [2.45, 2.75) is 33.8 Å². The lowest BCUT2D eigenvalue weighted by atomic mass is 10.0. The first-order valence-electron chi connectivity index (χ1n) is 4.52. The minimum Gasteiger partial charge on any atom is -0.467 e. The van der Waals surface area contributed by atoms with Gasteiger partial charge in [-0.05, 0) is 10.8 Å². The number of esters is 1. The van der Waals surface area contributed by atoms with Crippen molar-refractivity contribution < 1.29 is 14.6 Å². The van der Waals surface area contributed by atoms with Crippen LogP contribution in [0, 0.1) is 16.7 Å². The molecule has 0 aromatic carbocycles. The lowest BCUT2D eigenvalue weighted by Crippen LogP contribution is -2.26. The fourth-order valence-electron chi connectivity index (χ4n) is 2.29. The maximum Gasteiger partial charge on any atom is 0.335 e. The normalized spacial score (nSPS) is 26.6. The third-order valence-electron chi connectivity index (χ3n) is 3.89. The lowest BCUT2D eigenvalue weighted by molar-refractivity contribution is -0.152. The van der Waals surface area contributed by atoms with Crippen molar-refractivity contribution in [2.75, 3.05) is 7.11 Å². The van der Waals surface area contributed by atoms with Gasteiger partial charge in [0.05, 0.1) is 7.11 Å². The lowest BCUT2D eigenvalue weighted by Gasteiger charge is -2.09. The van der Waals surface area contributed by atoms with Gasteiger partial charge >= 0.3 is 5.97 Å². The maximum absolute atomic E-state index is 11.1. The summed E-state index contributed by atoms with van der Waals surface area (Å²) in [4.78, 5) is 11.1. The Labute approximate surface area is 79.1 Å². The average Bonchev–Trinajstić information content (AvgIpc) is 2.41. The van der Waals surface area contributed by atoms with Crippen molar-refractivity contribution in [3.05, 3.63) is 0 Å². The van der Waals surface area contributed by atoms with Crippen LogP contribution in [0.15, 0.2) is 0 Å². The molecule has 1 fully saturated rings. The monoisotopic (exact) mass is 186 g/mol. The molecule has 1 unspecified atom stereocenters. The molecule has 0 heterocycles. The Morgan fingerprint density at radius 3 is 1.92 bits per heavy atom. The van der Waals surface area contributed by atoms with Gasteiger partial charge in [-0.15, -0.1) is 0 Å². The molecule has 3 heteroatoms. The van der Waals surface area contributed by atoms with Crippen LogP contribution in [0.1, 0.15) is 27.7 Å². The molecule has 0 spiro atoms. The van der Waals surface area contributed by atoms with Crippen LogP contribution < -0.4 is 0 Å². The van der Waals surface area contributed by atoms with Gasteiger partial charge < -0.3 is 9.84 Å². The third-order valence-corrected chi connectivity index (χ3v) is 3.89. The van der Waals surface area contributed by atoms with E-state index in [0.29, 0.717) is 0 Å². The van der Waals surface area contributed by atoms with Crippen LogP contribution in [0.4, 0.5) is 0 Å².